The van der Waals surface area contributed by atoms with Crippen LogP contribution in [0.25, 0.3) is 0 Å². The number of nitrogens with one attached hydrogen (secondary N) is 1. The summed E-state index contributed by atoms with van der Waals surface area (Å²) in [6.07, 6.45) is -3.21. The highest BCUT2D eigenvalue weighted by Gasteiger charge is 2.51. The number of rotatable bonds is 7. The number of hydrogen-bond acceptors (Lipinski definition) is 5. The number of carbonyl (C=O) groups is 2. The fraction of sp³-hybridized carbons (Fsp3) is 0.455. The highest BCUT2D eigenvalue weighted by molar-refractivity contribution is 5.96. The van der Waals surface area contributed by atoms with Crippen LogP contribution in [0.3, 0.4) is 0 Å². The molecular weight excluding hydrogens is 429 g/mol. The minimum atomic E-state index is -4.72. The summed E-state index contributed by atoms with van der Waals surface area (Å²) in [5.41, 5.74) is 0.683. The molecule has 2 amide bonds. The fourth-order valence-corrected chi connectivity index (χ4v) is 4.03. The second-order valence-corrected chi connectivity index (χ2v) is 7.57. The lowest BCUT2D eigenvalue weighted by molar-refractivity contribution is -0.167. The quantitative estimate of drug-likeness (QED) is 0.545. The van der Waals surface area contributed by atoms with Crippen LogP contribution in [-0.2, 0) is 9.59 Å². The normalized spacial score (nSPS) is 24.4. The molecule has 10 heteroatoms. The van der Waals surface area contributed by atoms with Crippen molar-refractivity contribution >= 4 is 11.8 Å². The van der Waals surface area contributed by atoms with Crippen LogP contribution in [0.1, 0.15) is 24.8 Å². The first-order chi connectivity index (χ1) is 15.2. The molecular formula is C22H25F3N2O5. The van der Waals surface area contributed by atoms with Crippen molar-refractivity contribution in [3.05, 3.63) is 53.6 Å². The van der Waals surface area contributed by atoms with Crippen LogP contribution in [0.2, 0.25) is 0 Å². The Balaban J connectivity index is 2.06. The minimum absolute atomic E-state index is 0.0618. The highest BCUT2D eigenvalue weighted by Crippen LogP contribution is 2.47. The van der Waals surface area contributed by atoms with Crippen molar-refractivity contribution in [3.63, 3.8) is 0 Å². The van der Waals surface area contributed by atoms with E-state index < -0.39 is 48.7 Å². The molecule has 0 radical (unpaired) electrons. The number of para-hydroxylation sites is 1. The summed E-state index contributed by atoms with van der Waals surface area (Å²) in [5.74, 6) is -1.88. The van der Waals surface area contributed by atoms with E-state index in [9.17, 15) is 27.9 Å². The highest BCUT2D eigenvalue weighted by atomic mass is 19.4. The number of aliphatic hydroxyl groups is 2. The maximum atomic E-state index is 13.3. The van der Waals surface area contributed by atoms with Crippen LogP contribution in [0.5, 0.6) is 5.75 Å². The van der Waals surface area contributed by atoms with Crippen LogP contribution in [0, 0.1) is 0 Å². The molecule has 1 aliphatic carbocycles. The predicted molar refractivity (Wildman–Crippen MR) is 109 cm³/mol. The molecule has 32 heavy (non-hydrogen) atoms. The Morgan fingerprint density at radius 3 is 2.66 bits per heavy atom. The van der Waals surface area contributed by atoms with Gasteiger partial charge in [-0.2, -0.15) is 13.2 Å². The standard InChI is InChI=1S/C22H25F3N2O5/c1-2-3-8-17(29)27(12-22(23,24)25)15-11-14(21(31)26-9-10-28)18-13-6-4-5-7-16(13)32-20(18)19(15)30/h3-8,11,15,18-20,28,30H,2,9-10,12H2,1H3,(H,26,31)/t15-,18+,19+,20+/m1/s1. The molecule has 4 atom stereocenters. The molecule has 0 aromatic heterocycles. The van der Waals surface area contributed by atoms with E-state index in [4.69, 9.17) is 9.84 Å². The molecule has 1 heterocycles. The van der Waals surface area contributed by atoms with Crippen molar-refractivity contribution in [3.8, 4) is 5.75 Å². The largest absolute Gasteiger partial charge is 0.486 e. The average Bonchev–Trinajstić information content (AvgIpc) is 3.14. The first-order valence-corrected chi connectivity index (χ1v) is 10.3. The van der Waals surface area contributed by atoms with Crippen LogP contribution >= 0.6 is 0 Å². The summed E-state index contributed by atoms with van der Waals surface area (Å²) < 4.78 is 45.8. The molecule has 0 spiro atoms. The fourth-order valence-electron chi connectivity index (χ4n) is 4.03. The first-order valence-electron chi connectivity index (χ1n) is 10.3. The van der Waals surface area contributed by atoms with Crippen molar-refractivity contribution in [1.29, 1.82) is 0 Å². The van der Waals surface area contributed by atoms with Crippen LogP contribution in [0.15, 0.2) is 48.1 Å². The summed E-state index contributed by atoms with van der Waals surface area (Å²) in [4.78, 5) is 26.0. The van der Waals surface area contributed by atoms with Crippen molar-refractivity contribution in [2.24, 2.45) is 0 Å². The molecule has 3 N–H and O–H groups in total. The predicted octanol–water partition coefficient (Wildman–Crippen LogP) is 1.67. The van der Waals surface area contributed by atoms with Gasteiger partial charge in [-0.25, -0.2) is 0 Å². The van der Waals surface area contributed by atoms with Gasteiger partial charge in [0.2, 0.25) is 11.8 Å². The summed E-state index contributed by atoms with van der Waals surface area (Å²) in [6.45, 7) is -0.264. The summed E-state index contributed by atoms with van der Waals surface area (Å²) in [6, 6.07) is 5.33. The van der Waals surface area contributed by atoms with Crippen LogP contribution in [-0.4, -0.2) is 71.0 Å². The number of nitrogens with zero attached hydrogens (tertiary/aromatic N) is 1. The molecule has 0 saturated carbocycles. The third-order valence-electron chi connectivity index (χ3n) is 5.37. The zero-order valence-corrected chi connectivity index (χ0v) is 17.4. The van der Waals surface area contributed by atoms with Gasteiger partial charge in [0.25, 0.3) is 0 Å². The van der Waals surface area contributed by atoms with Gasteiger partial charge in [0.05, 0.1) is 18.6 Å². The van der Waals surface area contributed by atoms with E-state index in [1.54, 1.807) is 31.2 Å². The van der Waals surface area contributed by atoms with Crippen LogP contribution in [0.4, 0.5) is 13.2 Å². The zero-order chi connectivity index (χ0) is 23.5. The van der Waals surface area contributed by atoms with Crippen molar-refractivity contribution < 1.29 is 37.7 Å². The van der Waals surface area contributed by atoms with Gasteiger partial charge < -0.3 is 25.2 Å². The number of aliphatic hydroxyl groups excluding tert-OH is 2. The monoisotopic (exact) mass is 454 g/mol. The number of halogens is 3. The maximum absolute atomic E-state index is 13.3. The smallest absolute Gasteiger partial charge is 0.406 e. The lowest BCUT2D eigenvalue weighted by Crippen LogP contribution is -2.57. The van der Waals surface area contributed by atoms with Crippen LogP contribution < -0.4 is 10.1 Å². The van der Waals surface area contributed by atoms with Gasteiger partial charge in [0, 0.05) is 17.7 Å². The maximum Gasteiger partial charge on any atom is 0.406 e. The number of alkyl halides is 3. The first kappa shape index (κ1) is 23.8. The molecule has 1 aromatic rings. The Kier molecular flexibility index (Phi) is 7.25. The Bertz CT molecular complexity index is 915. The van der Waals surface area contributed by atoms with Crippen molar-refractivity contribution in [2.75, 3.05) is 19.7 Å². The van der Waals surface area contributed by atoms with Gasteiger partial charge in [-0.05, 0) is 24.6 Å². The molecule has 174 valence electrons. The molecule has 0 bridgehead atoms. The number of hydrogen-bond donors (Lipinski definition) is 3. The third kappa shape index (κ3) is 4.97. The zero-order valence-electron chi connectivity index (χ0n) is 17.4. The lowest BCUT2D eigenvalue weighted by Gasteiger charge is -2.40. The Labute approximate surface area is 183 Å². The van der Waals surface area contributed by atoms with Gasteiger partial charge in [-0.3, -0.25) is 9.59 Å². The van der Waals surface area contributed by atoms with E-state index in [2.05, 4.69) is 5.32 Å². The van der Waals surface area contributed by atoms with Gasteiger partial charge in [-0.15, -0.1) is 0 Å². The van der Waals surface area contributed by atoms with Crippen molar-refractivity contribution in [2.45, 2.75) is 43.7 Å². The van der Waals surface area contributed by atoms with E-state index in [1.165, 1.54) is 12.2 Å². The molecule has 1 aliphatic heterocycles. The second-order valence-electron chi connectivity index (χ2n) is 7.57. The minimum Gasteiger partial charge on any atom is -0.486 e. The summed E-state index contributed by atoms with van der Waals surface area (Å²) in [5, 5.41) is 22.5. The third-order valence-corrected chi connectivity index (χ3v) is 5.37. The van der Waals surface area contributed by atoms with E-state index in [1.807, 2.05) is 0 Å². The molecule has 2 aliphatic rings. The summed E-state index contributed by atoms with van der Waals surface area (Å²) in [7, 11) is 0. The SMILES string of the molecule is CCC=CC(=O)N(CC(F)(F)F)[C@@H]1C=C(C(=O)NCCO)[C@@H]2c3ccccc3O[C@@H]2[C@H]1O. The number of carbonyl (C=O) groups excluding carboxylic acids is 2. The van der Waals surface area contributed by atoms with E-state index >= 15 is 0 Å². The number of ether oxygens (including phenoxy) is 1. The number of allylic oxidation sites excluding steroid dienone is 1. The number of fused-ring (bicyclic) bond motifs is 3. The molecule has 3 rings (SSSR count). The molecule has 0 saturated heterocycles. The summed E-state index contributed by atoms with van der Waals surface area (Å²) >= 11 is 0. The van der Waals surface area contributed by atoms with E-state index in [0.29, 0.717) is 22.6 Å². The van der Waals surface area contributed by atoms with Gasteiger partial charge in [-0.1, -0.05) is 31.2 Å². The number of amides is 2. The Hall–Kier alpha value is -2.85. The Morgan fingerprint density at radius 2 is 2.00 bits per heavy atom. The molecule has 0 fully saturated rings. The molecule has 0 unspecified atom stereocenters. The molecule has 7 nitrogen and oxygen atoms in total. The number of benzene rings is 1. The van der Waals surface area contributed by atoms with Gasteiger partial charge in [0.15, 0.2) is 0 Å². The topological polar surface area (TPSA) is 99.1 Å². The average molecular weight is 454 g/mol. The molecule has 1 aromatic carbocycles. The van der Waals surface area contributed by atoms with Crippen molar-refractivity contribution in [1.82, 2.24) is 10.2 Å². The Morgan fingerprint density at radius 1 is 1.28 bits per heavy atom. The second kappa shape index (κ2) is 9.74. The van der Waals surface area contributed by atoms with E-state index in [0.717, 1.165) is 6.08 Å². The van der Waals surface area contributed by atoms with Gasteiger partial charge in [0.1, 0.15) is 24.5 Å². The lowest BCUT2D eigenvalue weighted by atomic mass is 9.77. The van der Waals surface area contributed by atoms with Gasteiger partial charge >= 0.3 is 6.18 Å². The van der Waals surface area contributed by atoms with E-state index in [-0.39, 0.29) is 18.7 Å².